The van der Waals surface area contributed by atoms with Crippen molar-refractivity contribution in [2.75, 3.05) is 0 Å². The highest BCUT2D eigenvalue weighted by Gasteiger charge is 2.58. The minimum atomic E-state index is -0.166. The molecule has 0 amide bonds. The molecule has 0 heterocycles. The Labute approximate surface area is 156 Å². The summed E-state index contributed by atoms with van der Waals surface area (Å²) in [6, 6.07) is 20.8. The first-order chi connectivity index (χ1) is 12.8. The summed E-state index contributed by atoms with van der Waals surface area (Å²) in [5.41, 5.74) is 3.61. The van der Waals surface area contributed by atoms with Crippen molar-refractivity contribution in [3.63, 3.8) is 0 Å². The van der Waals surface area contributed by atoms with Gasteiger partial charge in [0.15, 0.2) is 0 Å². The van der Waals surface area contributed by atoms with Crippen LogP contribution in [0.2, 0.25) is 0 Å². The molecule has 0 N–H and O–H groups in total. The average Bonchev–Trinajstić information content (AvgIpc) is 3.41. The highest BCUT2D eigenvalue weighted by Crippen LogP contribution is 2.56. The third-order valence-electron chi connectivity index (χ3n) is 5.19. The Morgan fingerprint density at radius 2 is 1.58 bits per heavy atom. The van der Waals surface area contributed by atoms with Crippen LogP contribution in [-0.2, 0) is 22.7 Å². The van der Waals surface area contributed by atoms with Gasteiger partial charge in [-0.1, -0.05) is 74.0 Å². The van der Waals surface area contributed by atoms with Crippen LogP contribution in [0.5, 0.6) is 0 Å². The summed E-state index contributed by atoms with van der Waals surface area (Å²) in [5.74, 6) is 1.45. The molecule has 0 radical (unpaired) electrons. The Kier molecular flexibility index (Phi) is 4.94. The second-order valence-corrected chi connectivity index (χ2v) is 7.28. The van der Waals surface area contributed by atoms with Gasteiger partial charge in [0.2, 0.25) is 0 Å². The van der Waals surface area contributed by atoms with E-state index in [-0.39, 0.29) is 5.60 Å². The normalized spacial score (nSPS) is 23.7. The van der Waals surface area contributed by atoms with Crippen LogP contribution in [-0.4, -0.2) is 5.60 Å². The van der Waals surface area contributed by atoms with Gasteiger partial charge in [0.25, 0.3) is 0 Å². The van der Waals surface area contributed by atoms with E-state index in [1.807, 2.05) is 12.1 Å². The quantitative estimate of drug-likeness (QED) is 0.601. The lowest BCUT2D eigenvalue weighted by atomic mass is 9.99. The molecule has 0 aromatic heterocycles. The van der Waals surface area contributed by atoms with Crippen molar-refractivity contribution in [2.24, 2.45) is 5.92 Å². The molecule has 26 heavy (non-hydrogen) atoms. The first-order valence-corrected chi connectivity index (χ1v) is 9.57. The number of ether oxygens (including phenoxy) is 2. The fraction of sp³-hybridized carbons (Fsp3) is 0.333. The Morgan fingerprint density at radius 3 is 2.23 bits per heavy atom. The van der Waals surface area contributed by atoms with Gasteiger partial charge in [-0.2, -0.15) is 0 Å². The third kappa shape index (κ3) is 3.76. The fourth-order valence-electron chi connectivity index (χ4n) is 3.71. The summed E-state index contributed by atoms with van der Waals surface area (Å²) in [6.45, 7) is 3.49. The van der Waals surface area contributed by atoms with Gasteiger partial charge in [0.1, 0.15) is 12.4 Å². The molecule has 1 saturated carbocycles. The Hall–Kier alpha value is -2.32. The van der Waals surface area contributed by atoms with Crippen molar-refractivity contribution in [1.29, 1.82) is 0 Å². The zero-order valence-electron chi connectivity index (χ0n) is 15.4. The topological polar surface area (TPSA) is 18.5 Å². The zero-order chi connectivity index (χ0) is 17.8. The molecule has 0 bridgehead atoms. The van der Waals surface area contributed by atoms with Gasteiger partial charge in [0, 0.05) is 0 Å². The van der Waals surface area contributed by atoms with Crippen LogP contribution in [0.4, 0.5) is 0 Å². The molecule has 2 aromatic carbocycles. The molecule has 2 aromatic rings. The van der Waals surface area contributed by atoms with E-state index in [1.54, 1.807) is 0 Å². The molecule has 2 aliphatic rings. The lowest BCUT2D eigenvalue weighted by molar-refractivity contribution is 0.0345. The Bertz CT molecular complexity index is 791. The van der Waals surface area contributed by atoms with Crippen LogP contribution in [0.15, 0.2) is 84.1 Å². The van der Waals surface area contributed by atoms with Gasteiger partial charge in [-0.05, 0) is 41.7 Å². The van der Waals surface area contributed by atoms with Crippen molar-refractivity contribution < 1.29 is 9.47 Å². The predicted octanol–water partition coefficient (Wildman–Crippen LogP) is 5.80. The molecule has 2 heteroatoms. The fourth-order valence-corrected chi connectivity index (χ4v) is 3.71. The molecule has 4 rings (SSSR count). The lowest BCUT2D eigenvalue weighted by Gasteiger charge is -2.22. The highest BCUT2D eigenvalue weighted by molar-refractivity contribution is 5.41. The van der Waals surface area contributed by atoms with E-state index in [0.29, 0.717) is 19.1 Å². The van der Waals surface area contributed by atoms with Crippen molar-refractivity contribution in [3.8, 4) is 0 Å². The highest BCUT2D eigenvalue weighted by atomic mass is 16.5. The second-order valence-electron chi connectivity index (χ2n) is 7.28. The monoisotopic (exact) mass is 346 g/mol. The Balaban J connectivity index is 1.45. The van der Waals surface area contributed by atoms with Crippen LogP contribution in [0, 0.1) is 5.92 Å². The first kappa shape index (κ1) is 17.1. The first-order valence-electron chi connectivity index (χ1n) is 9.57. The molecule has 0 aliphatic heterocycles. The molecular formula is C24H26O2. The predicted molar refractivity (Wildman–Crippen MR) is 104 cm³/mol. The van der Waals surface area contributed by atoms with Gasteiger partial charge < -0.3 is 9.47 Å². The summed E-state index contributed by atoms with van der Waals surface area (Å²) in [4.78, 5) is 0. The van der Waals surface area contributed by atoms with Crippen LogP contribution >= 0.6 is 0 Å². The van der Waals surface area contributed by atoms with Crippen molar-refractivity contribution in [3.05, 3.63) is 95.3 Å². The lowest BCUT2D eigenvalue weighted by Crippen LogP contribution is -2.19. The van der Waals surface area contributed by atoms with Gasteiger partial charge in [0.05, 0.1) is 18.1 Å². The molecule has 0 spiro atoms. The molecule has 2 atom stereocenters. The van der Waals surface area contributed by atoms with Gasteiger partial charge in [-0.25, -0.2) is 0 Å². The summed E-state index contributed by atoms with van der Waals surface area (Å²) >= 11 is 0. The van der Waals surface area contributed by atoms with Crippen LogP contribution in [0.3, 0.4) is 0 Å². The number of rotatable bonds is 8. The van der Waals surface area contributed by atoms with E-state index in [2.05, 4.69) is 67.6 Å². The van der Waals surface area contributed by atoms with E-state index >= 15 is 0 Å². The molecular weight excluding hydrogens is 320 g/mol. The standard InChI is InChI=1S/C24H26O2/c1-2-9-21-14-23(25-17-19-10-5-3-6-11-19)22-16-24(22,15-21)26-18-20-12-7-4-8-13-20/h3-8,10-15,22H,2,9,16-18H2,1H3. The molecule has 2 nitrogen and oxygen atoms in total. The van der Waals surface area contributed by atoms with Crippen molar-refractivity contribution >= 4 is 0 Å². The Morgan fingerprint density at radius 1 is 0.923 bits per heavy atom. The third-order valence-corrected chi connectivity index (χ3v) is 5.19. The van der Waals surface area contributed by atoms with E-state index < -0.39 is 0 Å². The van der Waals surface area contributed by atoms with Crippen LogP contribution in [0.25, 0.3) is 0 Å². The van der Waals surface area contributed by atoms with Crippen LogP contribution in [0.1, 0.15) is 37.3 Å². The number of hydrogen-bond acceptors (Lipinski definition) is 2. The maximum absolute atomic E-state index is 6.39. The number of hydrogen-bond donors (Lipinski definition) is 0. The summed E-state index contributed by atoms with van der Waals surface area (Å²) in [5, 5.41) is 0. The molecule has 0 saturated heterocycles. The minimum Gasteiger partial charge on any atom is -0.493 e. The molecule has 2 aliphatic carbocycles. The van der Waals surface area contributed by atoms with Gasteiger partial charge in [-0.3, -0.25) is 0 Å². The maximum atomic E-state index is 6.39. The van der Waals surface area contributed by atoms with E-state index in [0.717, 1.165) is 25.0 Å². The average molecular weight is 346 g/mol. The molecule has 1 fully saturated rings. The van der Waals surface area contributed by atoms with Crippen molar-refractivity contribution in [1.82, 2.24) is 0 Å². The second kappa shape index (κ2) is 7.51. The number of benzene rings is 2. The maximum Gasteiger partial charge on any atom is 0.113 e. The molecule has 134 valence electrons. The molecule has 2 unspecified atom stereocenters. The van der Waals surface area contributed by atoms with E-state index in [4.69, 9.17) is 9.47 Å². The van der Waals surface area contributed by atoms with E-state index in [1.165, 1.54) is 16.7 Å². The van der Waals surface area contributed by atoms with Gasteiger partial charge >= 0.3 is 0 Å². The minimum absolute atomic E-state index is 0.166. The van der Waals surface area contributed by atoms with E-state index in [9.17, 15) is 0 Å². The smallest absolute Gasteiger partial charge is 0.113 e. The summed E-state index contributed by atoms with van der Waals surface area (Å²) < 4.78 is 12.6. The number of allylic oxidation sites excluding steroid dienone is 2. The van der Waals surface area contributed by atoms with Crippen molar-refractivity contribution in [2.45, 2.75) is 45.0 Å². The number of fused-ring (bicyclic) bond motifs is 1. The summed E-state index contributed by atoms with van der Waals surface area (Å²) in [7, 11) is 0. The van der Waals surface area contributed by atoms with Crippen LogP contribution < -0.4 is 0 Å². The largest absolute Gasteiger partial charge is 0.493 e. The summed E-state index contributed by atoms with van der Waals surface area (Å²) in [6.07, 6.45) is 7.82. The van der Waals surface area contributed by atoms with Gasteiger partial charge in [-0.15, -0.1) is 0 Å². The SMILES string of the molecule is CCCC1=CC2(OCc3ccccc3)CC2C(OCc2ccccc2)=C1. The zero-order valence-corrected chi connectivity index (χ0v) is 15.4.